The van der Waals surface area contributed by atoms with Crippen LogP contribution in [0, 0.1) is 5.92 Å². The van der Waals surface area contributed by atoms with Gasteiger partial charge in [-0.15, -0.1) is 0 Å². The Bertz CT molecular complexity index is 1110. The van der Waals surface area contributed by atoms with Crippen molar-refractivity contribution < 1.29 is 24.2 Å². The van der Waals surface area contributed by atoms with Gasteiger partial charge in [0.2, 0.25) is 0 Å². The molecule has 2 aliphatic rings. The molecule has 2 fully saturated rings. The van der Waals surface area contributed by atoms with Crippen LogP contribution in [-0.4, -0.2) is 52.8 Å². The standard InChI is InChI=1S/C27H25NO5/c29-17-21-22-23(28(22)16-18-10-4-1-5-11-18)25(33-27(31)20-14-8-3-9-15-20)24(21)32-26(30)19-12-6-2-7-13-19/h1-15,21-25,29H,16-17H2/t21-,22+,23+,24+,25+,28?/m0/s1. The summed E-state index contributed by atoms with van der Waals surface area (Å²) in [6.07, 6.45) is -1.39. The second kappa shape index (κ2) is 9.17. The van der Waals surface area contributed by atoms with Crippen LogP contribution in [0.1, 0.15) is 26.3 Å². The summed E-state index contributed by atoms with van der Waals surface area (Å²) < 4.78 is 11.8. The van der Waals surface area contributed by atoms with E-state index in [4.69, 9.17) is 9.47 Å². The van der Waals surface area contributed by atoms with Crippen LogP contribution in [0.15, 0.2) is 91.0 Å². The van der Waals surface area contributed by atoms with Crippen LogP contribution >= 0.6 is 0 Å². The third kappa shape index (κ3) is 4.27. The molecular weight excluding hydrogens is 418 g/mol. The van der Waals surface area contributed by atoms with E-state index in [0.29, 0.717) is 17.7 Å². The summed E-state index contributed by atoms with van der Waals surface area (Å²) in [6, 6.07) is 27.3. The van der Waals surface area contributed by atoms with Crippen LogP contribution in [0.3, 0.4) is 0 Å². The molecule has 33 heavy (non-hydrogen) atoms. The van der Waals surface area contributed by atoms with Gasteiger partial charge in [-0.3, -0.25) is 4.90 Å². The van der Waals surface area contributed by atoms with Crippen molar-refractivity contribution in [1.82, 2.24) is 4.90 Å². The Morgan fingerprint density at radius 2 is 1.18 bits per heavy atom. The van der Waals surface area contributed by atoms with Gasteiger partial charge in [-0.2, -0.15) is 0 Å². The van der Waals surface area contributed by atoms with Gasteiger partial charge in [0.05, 0.1) is 23.8 Å². The molecule has 0 amide bonds. The molecule has 1 N–H and O–H groups in total. The first-order valence-corrected chi connectivity index (χ1v) is 11.1. The molecule has 3 aromatic carbocycles. The van der Waals surface area contributed by atoms with E-state index in [9.17, 15) is 14.7 Å². The number of fused-ring (bicyclic) bond motifs is 1. The number of piperidine rings is 1. The van der Waals surface area contributed by atoms with Crippen LogP contribution in [0.25, 0.3) is 0 Å². The van der Waals surface area contributed by atoms with Gasteiger partial charge in [0.1, 0.15) is 6.10 Å². The van der Waals surface area contributed by atoms with Crippen LogP contribution in [0.2, 0.25) is 0 Å². The van der Waals surface area contributed by atoms with E-state index in [1.54, 1.807) is 48.5 Å². The van der Waals surface area contributed by atoms with Crippen molar-refractivity contribution in [2.75, 3.05) is 6.61 Å². The normalized spacial score (nSPS) is 27.4. The Balaban J connectivity index is 1.39. The lowest BCUT2D eigenvalue weighted by Crippen LogP contribution is -2.43. The molecule has 0 aromatic heterocycles. The number of aliphatic hydroxyl groups excluding tert-OH is 1. The van der Waals surface area contributed by atoms with Gasteiger partial charge >= 0.3 is 11.9 Å². The van der Waals surface area contributed by atoms with Crippen molar-refractivity contribution in [2.45, 2.75) is 30.8 Å². The number of hydrogen-bond acceptors (Lipinski definition) is 6. The van der Waals surface area contributed by atoms with E-state index in [1.807, 2.05) is 42.5 Å². The van der Waals surface area contributed by atoms with Crippen molar-refractivity contribution in [1.29, 1.82) is 0 Å². The lowest BCUT2D eigenvalue weighted by Gasteiger charge is -2.29. The number of benzene rings is 3. The van der Waals surface area contributed by atoms with E-state index in [2.05, 4.69) is 4.90 Å². The van der Waals surface area contributed by atoms with Gasteiger partial charge < -0.3 is 14.6 Å². The zero-order valence-corrected chi connectivity index (χ0v) is 18.0. The van der Waals surface area contributed by atoms with Crippen molar-refractivity contribution in [3.63, 3.8) is 0 Å². The minimum Gasteiger partial charge on any atom is -0.454 e. The van der Waals surface area contributed by atoms with Gasteiger partial charge in [0.15, 0.2) is 6.10 Å². The number of carbonyl (C=O) groups is 2. The highest BCUT2D eigenvalue weighted by Gasteiger charge is 2.68. The molecule has 6 atom stereocenters. The Morgan fingerprint density at radius 1 is 0.697 bits per heavy atom. The Labute approximate surface area is 192 Å². The number of esters is 2. The van der Waals surface area contributed by atoms with Crippen molar-refractivity contribution >= 4 is 11.9 Å². The molecule has 168 valence electrons. The molecule has 1 saturated heterocycles. The molecule has 0 spiro atoms. The summed E-state index contributed by atoms with van der Waals surface area (Å²) in [5.74, 6) is -1.30. The summed E-state index contributed by atoms with van der Waals surface area (Å²) in [7, 11) is 0. The lowest BCUT2D eigenvalue weighted by molar-refractivity contribution is -0.0593. The molecule has 3 aromatic rings. The maximum absolute atomic E-state index is 12.9. The number of hydrogen-bond donors (Lipinski definition) is 1. The second-order valence-electron chi connectivity index (χ2n) is 8.46. The fourth-order valence-corrected chi connectivity index (χ4v) is 4.87. The average Bonchev–Trinajstić information content (AvgIpc) is 3.46. The quantitative estimate of drug-likeness (QED) is 0.446. The minimum absolute atomic E-state index is 0.0302. The van der Waals surface area contributed by atoms with Crippen LogP contribution in [0.5, 0.6) is 0 Å². The van der Waals surface area contributed by atoms with Gasteiger partial charge in [0.25, 0.3) is 0 Å². The molecule has 1 heterocycles. The zero-order chi connectivity index (χ0) is 22.8. The molecule has 6 nitrogen and oxygen atoms in total. The molecule has 0 radical (unpaired) electrons. The summed E-state index contributed by atoms with van der Waals surface area (Å²) in [5.41, 5.74) is 1.99. The maximum Gasteiger partial charge on any atom is 0.338 e. The zero-order valence-electron chi connectivity index (χ0n) is 18.0. The van der Waals surface area contributed by atoms with Crippen molar-refractivity contribution in [3.05, 3.63) is 108 Å². The topological polar surface area (TPSA) is 75.8 Å². The fraction of sp³-hybridized carbons (Fsp3) is 0.259. The lowest BCUT2D eigenvalue weighted by atomic mass is 10.0. The number of aliphatic hydroxyl groups is 1. The van der Waals surface area contributed by atoms with Gasteiger partial charge in [0, 0.05) is 18.5 Å². The Hall–Kier alpha value is -3.48. The highest BCUT2D eigenvalue weighted by atomic mass is 16.6. The summed E-state index contributed by atoms with van der Waals surface area (Å²) in [4.78, 5) is 27.9. The minimum atomic E-state index is -0.725. The van der Waals surface area contributed by atoms with Gasteiger partial charge in [-0.1, -0.05) is 66.7 Å². The molecule has 5 rings (SSSR count). The first-order chi connectivity index (χ1) is 16.2. The highest BCUT2D eigenvalue weighted by Crippen LogP contribution is 2.50. The molecule has 0 bridgehead atoms. The number of nitrogens with zero attached hydrogens (tertiary/aromatic N) is 1. The molecule has 1 saturated carbocycles. The first kappa shape index (κ1) is 21.4. The predicted molar refractivity (Wildman–Crippen MR) is 121 cm³/mol. The average molecular weight is 443 g/mol. The molecule has 1 unspecified atom stereocenters. The van der Waals surface area contributed by atoms with Crippen molar-refractivity contribution in [3.8, 4) is 0 Å². The summed E-state index contributed by atoms with van der Waals surface area (Å²) >= 11 is 0. The van der Waals surface area contributed by atoms with Crippen LogP contribution < -0.4 is 0 Å². The predicted octanol–water partition coefficient (Wildman–Crippen LogP) is 3.31. The number of ether oxygens (including phenoxy) is 2. The molecule has 1 aliphatic heterocycles. The summed E-state index contributed by atoms with van der Waals surface area (Å²) in [6.45, 7) is 0.504. The van der Waals surface area contributed by atoms with E-state index in [-0.39, 0.29) is 24.6 Å². The number of likely N-dealkylation sites (tertiary alicyclic amines) is 1. The largest absolute Gasteiger partial charge is 0.454 e. The highest BCUT2D eigenvalue weighted by molar-refractivity contribution is 5.90. The molecule has 6 heteroatoms. The maximum atomic E-state index is 12.9. The number of carbonyl (C=O) groups excluding carboxylic acids is 2. The molecule has 1 aliphatic carbocycles. The number of rotatable bonds is 7. The SMILES string of the molecule is O=C(O[C@@H]1[C@@H](CO)[C@@H]2[C@H]([C@H]1OC(=O)c1ccccc1)N2Cc1ccccc1)c1ccccc1. The first-order valence-electron chi connectivity index (χ1n) is 11.1. The summed E-state index contributed by atoms with van der Waals surface area (Å²) in [5, 5.41) is 10.2. The van der Waals surface area contributed by atoms with Crippen molar-refractivity contribution in [2.24, 2.45) is 5.92 Å². The van der Waals surface area contributed by atoms with Gasteiger partial charge in [-0.05, 0) is 29.8 Å². The van der Waals surface area contributed by atoms with Crippen LogP contribution in [-0.2, 0) is 16.0 Å². The fourth-order valence-electron chi connectivity index (χ4n) is 4.87. The van der Waals surface area contributed by atoms with E-state index in [0.717, 1.165) is 5.56 Å². The molecular formula is C27H25NO5. The second-order valence-corrected chi connectivity index (χ2v) is 8.46. The third-order valence-corrected chi connectivity index (χ3v) is 6.47. The Kier molecular flexibility index (Phi) is 5.94. The third-order valence-electron chi connectivity index (χ3n) is 6.47. The Morgan fingerprint density at radius 3 is 1.70 bits per heavy atom. The van der Waals surface area contributed by atoms with E-state index in [1.165, 1.54) is 0 Å². The van der Waals surface area contributed by atoms with E-state index < -0.39 is 24.1 Å². The monoisotopic (exact) mass is 443 g/mol. The van der Waals surface area contributed by atoms with Crippen LogP contribution in [0.4, 0.5) is 0 Å². The van der Waals surface area contributed by atoms with Gasteiger partial charge in [-0.25, -0.2) is 9.59 Å². The smallest absolute Gasteiger partial charge is 0.338 e. The van der Waals surface area contributed by atoms with E-state index >= 15 is 0 Å².